The molecule has 1 aromatic heterocycles. The van der Waals surface area contributed by atoms with Gasteiger partial charge in [0.15, 0.2) is 0 Å². The number of rotatable bonds is 1. The standard InChI is InChI=1S/C12H14N2/c1-10-5-6-12(14-8-10)11-4-2-3-7-13-9-11/h4-6,8-9H,2-3,7H2,1H3. The summed E-state index contributed by atoms with van der Waals surface area (Å²) < 4.78 is 0. The summed E-state index contributed by atoms with van der Waals surface area (Å²) >= 11 is 0. The van der Waals surface area contributed by atoms with Crippen molar-refractivity contribution in [3.8, 4) is 0 Å². The predicted molar refractivity (Wildman–Crippen MR) is 59.5 cm³/mol. The van der Waals surface area contributed by atoms with Crippen molar-refractivity contribution < 1.29 is 0 Å². The molecule has 0 aromatic carbocycles. The molecule has 1 aliphatic heterocycles. The maximum absolute atomic E-state index is 4.38. The third kappa shape index (κ3) is 2.08. The largest absolute Gasteiger partial charge is 0.292 e. The van der Waals surface area contributed by atoms with Crippen LogP contribution in [0.3, 0.4) is 0 Å². The third-order valence-electron chi connectivity index (χ3n) is 2.29. The molecule has 0 bridgehead atoms. The van der Waals surface area contributed by atoms with Crippen molar-refractivity contribution in [1.82, 2.24) is 4.98 Å². The van der Waals surface area contributed by atoms with Gasteiger partial charge in [-0.3, -0.25) is 9.98 Å². The summed E-state index contributed by atoms with van der Waals surface area (Å²) in [5, 5.41) is 0. The van der Waals surface area contributed by atoms with Crippen molar-refractivity contribution in [2.24, 2.45) is 4.99 Å². The molecule has 0 spiro atoms. The normalized spacial score (nSPS) is 16.2. The van der Waals surface area contributed by atoms with E-state index in [4.69, 9.17) is 0 Å². The van der Waals surface area contributed by atoms with Crippen molar-refractivity contribution in [2.75, 3.05) is 6.54 Å². The van der Waals surface area contributed by atoms with Crippen molar-refractivity contribution in [3.05, 3.63) is 35.7 Å². The molecule has 1 aliphatic rings. The lowest BCUT2D eigenvalue weighted by molar-refractivity contribution is 0.866. The number of hydrogen-bond acceptors (Lipinski definition) is 2. The lowest BCUT2D eigenvalue weighted by Gasteiger charge is -2.00. The topological polar surface area (TPSA) is 25.2 Å². The second-order valence-electron chi connectivity index (χ2n) is 3.56. The Balaban J connectivity index is 2.29. The van der Waals surface area contributed by atoms with Gasteiger partial charge in [-0.2, -0.15) is 0 Å². The number of hydrogen-bond donors (Lipinski definition) is 0. The van der Waals surface area contributed by atoms with Crippen LogP contribution in [-0.2, 0) is 0 Å². The van der Waals surface area contributed by atoms with Crippen LogP contribution < -0.4 is 0 Å². The van der Waals surface area contributed by atoms with Crippen LogP contribution in [0.4, 0.5) is 0 Å². The van der Waals surface area contributed by atoms with Gasteiger partial charge in [0.25, 0.3) is 0 Å². The average Bonchev–Trinajstić information content (AvgIpc) is 2.47. The van der Waals surface area contributed by atoms with E-state index in [2.05, 4.69) is 28.2 Å². The monoisotopic (exact) mass is 186 g/mol. The molecule has 14 heavy (non-hydrogen) atoms. The van der Waals surface area contributed by atoms with Crippen LogP contribution in [0.2, 0.25) is 0 Å². The average molecular weight is 186 g/mol. The number of pyridine rings is 1. The Kier molecular flexibility index (Phi) is 2.73. The lowest BCUT2D eigenvalue weighted by Crippen LogP contribution is -1.90. The maximum Gasteiger partial charge on any atom is 0.0714 e. The summed E-state index contributed by atoms with van der Waals surface area (Å²) in [5.74, 6) is 0. The summed E-state index contributed by atoms with van der Waals surface area (Å²) in [6, 6.07) is 4.14. The van der Waals surface area contributed by atoms with Gasteiger partial charge in [0.1, 0.15) is 0 Å². The van der Waals surface area contributed by atoms with E-state index in [0.29, 0.717) is 0 Å². The number of aliphatic imine (C=N–C) groups is 1. The Bertz CT molecular complexity index is 360. The molecule has 1 aromatic rings. The van der Waals surface area contributed by atoms with Crippen LogP contribution in [-0.4, -0.2) is 17.7 Å². The number of aryl methyl sites for hydroxylation is 1. The number of nitrogens with zero attached hydrogens (tertiary/aromatic N) is 2. The van der Waals surface area contributed by atoms with Crippen LogP contribution in [0.15, 0.2) is 29.4 Å². The van der Waals surface area contributed by atoms with E-state index in [1.165, 1.54) is 5.56 Å². The van der Waals surface area contributed by atoms with Gasteiger partial charge in [-0.1, -0.05) is 12.1 Å². The van der Waals surface area contributed by atoms with Crippen LogP contribution in [0, 0.1) is 6.92 Å². The fourth-order valence-electron chi connectivity index (χ4n) is 1.47. The van der Waals surface area contributed by atoms with E-state index in [1.54, 1.807) is 0 Å². The van der Waals surface area contributed by atoms with Crippen LogP contribution in [0.25, 0.3) is 5.57 Å². The van der Waals surface area contributed by atoms with E-state index < -0.39 is 0 Å². The van der Waals surface area contributed by atoms with Gasteiger partial charge < -0.3 is 0 Å². The Morgan fingerprint density at radius 2 is 2.21 bits per heavy atom. The van der Waals surface area contributed by atoms with Gasteiger partial charge in [0, 0.05) is 24.5 Å². The SMILES string of the molecule is Cc1ccc(C2=CCCCN=C2)nc1. The molecule has 0 N–H and O–H groups in total. The minimum Gasteiger partial charge on any atom is -0.292 e. The Morgan fingerprint density at radius 3 is 3.00 bits per heavy atom. The van der Waals surface area contributed by atoms with Crippen molar-refractivity contribution in [2.45, 2.75) is 19.8 Å². The zero-order valence-electron chi connectivity index (χ0n) is 8.40. The number of allylic oxidation sites excluding steroid dienone is 2. The highest BCUT2D eigenvalue weighted by molar-refractivity contribution is 6.09. The summed E-state index contributed by atoms with van der Waals surface area (Å²) in [7, 11) is 0. The van der Waals surface area contributed by atoms with Crippen LogP contribution >= 0.6 is 0 Å². The van der Waals surface area contributed by atoms with E-state index in [-0.39, 0.29) is 0 Å². The molecule has 0 atom stereocenters. The minimum absolute atomic E-state index is 0.936. The van der Waals surface area contributed by atoms with Gasteiger partial charge in [-0.15, -0.1) is 0 Å². The first-order chi connectivity index (χ1) is 6.86. The summed E-state index contributed by atoms with van der Waals surface area (Å²) in [6.45, 7) is 2.98. The van der Waals surface area contributed by atoms with Crippen molar-refractivity contribution in [1.29, 1.82) is 0 Å². The zero-order valence-corrected chi connectivity index (χ0v) is 8.40. The summed E-state index contributed by atoms with van der Waals surface area (Å²) in [5.41, 5.74) is 3.38. The molecule has 2 rings (SSSR count). The molecule has 0 saturated carbocycles. The Labute approximate surface area is 84.4 Å². The molecule has 0 amide bonds. The van der Waals surface area contributed by atoms with E-state index >= 15 is 0 Å². The second kappa shape index (κ2) is 4.18. The molecule has 0 unspecified atom stereocenters. The van der Waals surface area contributed by atoms with Crippen molar-refractivity contribution >= 4 is 11.8 Å². The highest BCUT2D eigenvalue weighted by Crippen LogP contribution is 2.13. The van der Waals surface area contributed by atoms with Crippen molar-refractivity contribution in [3.63, 3.8) is 0 Å². The Hall–Kier alpha value is -1.44. The molecule has 0 saturated heterocycles. The highest BCUT2D eigenvalue weighted by atomic mass is 14.7. The smallest absolute Gasteiger partial charge is 0.0714 e. The lowest BCUT2D eigenvalue weighted by atomic mass is 10.1. The van der Waals surface area contributed by atoms with Gasteiger partial charge in [0.2, 0.25) is 0 Å². The maximum atomic E-state index is 4.38. The minimum atomic E-state index is 0.936. The fraction of sp³-hybridized carbons (Fsp3) is 0.333. The number of aromatic nitrogens is 1. The Morgan fingerprint density at radius 1 is 1.29 bits per heavy atom. The first-order valence-corrected chi connectivity index (χ1v) is 4.99. The predicted octanol–water partition coefficient (Wildman–Crippen LogP) is 2.64. The molecule has 72 valence electrons. The molecule has 0 fully saturated rings. The molecular formula is C12H14N2. The van der Waals surface area contributed by atoms with E-state index in [9.17, 15) is 0 Å². The molecule has 2 heteroatoms. The highest BCUT2D eigenvalue weighted by Gasteiger charge is 2.01. The third-order valence-corrected chi connectivity index (χ3v) is 2.29. The van der Waals surface area contributed by atoms with Gasteiger partial charge in [-0.05, 0) is 31.4 Å². The molecule has 0 aliphatic carbocycles. The quantitative estimate of drug-likeness (QED) is 0.662. The van der Waals surface area contributed by atoms with Crippen LogP contribution in [0.5, 0.6) is 0 Å². The first-order valence-electron chi connectivity index (χ1n) is 4.99. The molecular weight excluding hydrogens is 172 g/mol. The van der Waals surface area contributed by atoms with E-state index in [0.717, 1.165) is 30.7 Å². The van der Waals surface area contributed by atoms with Crippen LogP contribution in [0.1, 0.15) is 24.1 Å². The zero-order chi connectivity index (χ0) is 9.80. The van der Waals surface area contributed by atoms with E-state index in [1.807, 2.05) is 19.3 Å². The van der Waals surface area contributed by atoms with Gasteiger partial charge in [0.05, 0.1) is 5.69 Å². The fourth-order valence-corrected chi connectivity index (χ4v) is 1.47. The summed E-state index contributed by atoms with van der Waals surface area (Å²) in [4.78, 5) is 8.70. The second-order valence-corrected chi connectivity index (χ2v) is 3.56. The van der Waals surface area contributed by atoms with Gasteiger partial charge >= 0.3 is 0 Å². The molecule has 2 nitrogen and oxygen atoms in total. The molecule has 0 radical (unpaired) electrons. The first kappa shape index (κ1) is 9.13. The molecule has 2 heterocycles. The van der Waals surface area contributed by atoms with Gasteiger partial charge in [-0.25, -0.2) is 0 Å². The summed E-state index contributed by atoms with van der Waals surface area (Å²) in [6.07, 6.45) is 8.30.